The summed E-state index contributed by atoms with van der Waals surface area (Å²) in [5.41, 5.74) is 0.678. The van der Waals surface area contributed by atoms with E-state index in [4.69, 9.17) is 0 Å². The summed E-state index contributed by atoms with van der Waals surface area (Å²) in [7, 11) is 0. The Morgan fingerprint density at radius 1 is 0.960 bits per heavy atom. The van der Waals surface area contributed by atoms with E-state index in [-0.39, 0.29) is 11.1 Å². The number of benzene rings is 1. The third-order valence-corrected chi connectivity index (χ3v) is 3.94. The Kier molecular flexibility index (Phi) is 3.31. The van der Waals surface area contributed by atoms with Crippen molar-refractivity contribution in [2.75, 3.05) is 0 Å². The number of pyridine rings is 3. The molecule has 0 saturated heterocycles. The van der Waals surface area contributed by atoms with Crippen LogP contribution >= 0.6 is 0 Å². The minimum atomic E-state index is -4.46. The van der Waals surface area contributed by atoms with E-state index in [1.807, 2.05) is 0 Å². The maximum atomic E-state index is 13.2. The fourth-order valence-electron chi connectivity index (χ4n) is 2.80. The van der Waals surface area contributed by atoms with Gasteiger partial charge in [0.15, 0.2) is 0 Å². The van der Waals surface area contributed by atoms with Crippen molar-refractivity contribution in [1.29, 1.82) is 0 Å². The van der Waals surface area contributed by atoms with Crippen LogP contribution in [0.3, 0.4) is 0 Å². The van der Waals surface area contributed by atoms with Crippen LogP contribution in [0.2, 0.25) is 0 Å². The molecule has 4 nitrogen and oxygen atoms in total. The number of halogens is 3. The Balaban J connectivity index is 1.97. The summed E-state index contributed by atoms with van der Waals surface area (Å²) in [5, 5.41) is 0.697. The predicted molar refractivity (Wildman–Crippen MR) is 88.1 cm³/mol. The maximum Gasteiger partial charge on any atom is 0.417 e. The number of nitrogens with zero attached hydrogens (tertiary/aromatic N) is 2. The molecule has 3 aromatic heterocycles. The van der Waals surface area contributed by atoms with Crippen molar-refractivity contribution < 1.29 is 13.2 Å². The molecule has 7 heteroatoms. The molecule has 0 aliphatic carbocycles. The molecule has 1 aromatic carbocycles. The first-order valence-electron chi connectivity index (χ1n) is 7.38. The molecule has 0 amide bonds. The highest BCUT2D eigenvalue weighted by Crippen LogP contribution is 2.37. The third kappa shape index (κ3) is 2.63. The molecule has 0 bridgehead atoms. The second kappa shape index (κ2) is 5.41. The number of hydrogen-bond donors (Lipinski definition) is 1. The first-order valence-corrected chi connectivity index (χ1v) is 7.38. The van der Waals surface area contributed by atoms with Crippen LogP contribution in [0, 0.1) is 0 Å². The number of H-pyrrole nitrogens is 1. The van der Waals surface area contributed by atoms with Gasteiger partial charge in [0.25, 0.3) is 0 Å². The van der Waals surface area contributed by atoms with E-state index in [0.717, 1.165) is 6.07 Å². The van der Waals surface area contributed by atoms with Gasteiger partial charge in [0.1, 0.15) is 5.52 Å². The average Bonchev–Trinajstić information content (AvgIpc) is 2.60. The highest BCUT2D eigenvalue weighted by atomic mass is 19.4. The van der Waals surface area contributed by atoms with Gasteiger partial charge in [-0.15, -0.1) is 0 Å². The minimum Gasteiger partial charge on any atom is -0.320 e. The zero-order chi connectivity index (χ0) is 17.6. The standard InChI is InChI=1S/C18H10F3N3O/c19-18(20,21)13-4-2-1-3-12(13)11-7-14-17(23-9-11)16-10(8-22-14)5-6-15(25)24-16/h1-9H,(H,24,25). The molecule has 0 unspecified atom stereocenters. The summed E-state index contributed by atoms with van der Waals surface area (Å²) in [5.74, 6) is 0. The lowest BCUT2D eigenvalue weighted by atomic mass is 10.00. The Bertz CT molecular complexity index is 1170. The molecule has 1 N–H and O–H groups in total. The van der Waals surface area contributed by atoms with Gasteiger partial charge in [-0.25, -0.2) is 0 Å². The van der Waals surface area contributed by atoms with Crippen LogP contribution < -0.4 is 5.56 Å². The van der Waals surface area contributed by atoms with Crippen LogP contribution in [0.4, 0.5) is 13.2 Å². The van der Waals surface area contributed by atoms with Crippen LogP contribution in [-0.2, 0) is 6.18 Å². The third-order valence-electron chi connectivity index (χ3n) is 3.94. The van der Waals surface area contributed by atoms with E-state index in [2.05, 4.69) is 15.0 Å². The van der Waals surface area contributed by atoms with Gasteiger partial charge in [-0.05, 0) is 23.8 Å². The van der Waals surface area contributed by atoms with Gasteiger partial charge in [-0.1, -0.05) is 18.2 Å². The lowest BCUT2D eigenvalue weighted by Crippen LogP contribution is -2.07. The van der Waals surface area contributed by atoms with Crippen LogP contribution in [0.5, 0.6) is 0 Å². The fourth-order valence-corrected chi connectivity index (χ4v) is 2.80. The molecule has 0 saturated carbocycles. The van der Waals surface area contributed by atoms with Crippen LogP contribution in [0.25, 0.3) is 33.1 Å². The van der Waals surface area contributed by atoms with Crippen molar-refractivity contribution in [2.45, 2.75) is 6.18 Å². The van der Waals surface area contributed by atoms with Gasteiger partial charge in [0.2, 0.25) is 5.56 Å². The Hall–Kier alpha value is -3.22. The smallest absolute Gasteiger partial charge is 0.320 e. The molecule has 0 radical (unpaired) electrons. The maximum absolute atomic E-state index is 13.2. The van der Waals surface area contributed by atoms with Gasteiger partial charge in [0, 0.05) is 29.4 Å². The molecule has 25 heavy (non-hydrogen) atoms. The highest BCUT2D eigenvalue weighted by Gasteiger charge is 2.33. The number of hydrogen-bond acceptors (Lipinski definition) is 3. The normalized spacial score (nSPS) is 12.0. The van der Waals surface area contributed by atoms with Gasteiger partial charge in [0.05, 0.1) is 16.6 Å². The predicted octanol–water partition coefficient (Wildman–Crippen LogP) is 4.16. The van der Waals surface area contributed by atoms with Gasteiger partial charge < -0.3 is 4.98 Å². The fraction of sp³-hybridized carbons (Fsp3) is 0.0556. The number of aromatic nitrogens is 3. The Morgan fingerprint density at radius 3 is 2.56 bits per heavy atom. The zero-order valence-corrected chi connectivity index (χ0v) is 12.6. The van der Waals surface area contributed by atoms with Crippen LogP contribution in [0.1, 0.15) is 5.56 Å². The summed E-state index contributed by atoms with van der Waals surface area (Å²) in [6, 6.07) is 9.85. The zero-order valence-electron chi connectivity index (χ0n) is 12.6. The molecule has 0 fully saturated rings. The van der Waals surface area contributed by atoms with E-state index in [0.29, 0.717) is 27.5 Å². The lowest BCUT2D eigenvalue weighted by Gasteiger charge is -2.13. The Labute approximate surface area is 139 Å². The molecular weight excluding hydrogens is 331 g/mol. The SMILES string of the molecule is O=c1ccc2cnc3cc(-c4ccccc4C(F)(F)F)cnc3c2[nH]1. The molecular formula is C18H10F3N3O. The molecule has 4 aromatic rings. The Morgan fingerprint density at radius 2 is 1.76 bits per heavy atom. The second-order valence-electron chi connectivity index (χ2n) is 5.55. The quantitative estimate of drug-likeness (QED) is 0.529. The van der Waals surface area contributed by atoms with Gasteiger partial charge in [-0.3, -0.25) is 14.8 Å². The van der Waals surface area contributed by atoms with Crippen LogP contribution in [0.15, 0.2) is 59.7 Å². The van der Waals surface area contributed by atoms with E-state index < -0.39 is 11.7 Å². The first-order chi connectivity index (χ1) is 11.9. The van der Waals surface area contributed by atoms with E-state index in [1.165, 1.54) is 30.5 Å². The van der Waals surface area contributed by atoms with Crippen molar-refractivity contribution in [3.63, 3.8) is 0 Å². The average molecular weight is 341 g/mol. The van der Waals surface area contributed by atoms with E-state index in [1.54, 1.807) is 18.3 Å². The van der Waals surface area contributed by atoms with Crippen molar-refractivity contribution in [2.24, 2.45) is 0 Å². The largest absolute Gasteiger partial charge is 0.417 e. The molecule has 0 atom stereocenters. The summed E-state index contributed by atoms with van der Waals surface area (Å²) >= 11 is 0. The minimum absolute atomic E-state index is 0.0350. The van der Waals surface area contributed by atoms with Crippen LogP contribution in [-0.4, -0.2) is 15.0 Å². The van der Waals surface area contributed by atoms with E-state index in [9.17, 15) is 18.0 Å². The summed E-state index contributed by atoms with van der Waals surface area (Å²) < 4.78 is 39.7. The monoisotopic (exact) mass is 341 g/mol. The number of aromatic amines is 1. The molecule has 124 valence electrons. The summed E-state index contributed by atoms with van der Waals surface area (Å²) in [6.07, 6.45) is -1.55. The highest BCUT2D eigenvalue weighted by molar-refractivity contribution is 6.01. The van der Waals surface area contributed by atoms with Crippen molar-refractivity contribution in [1.82, 2.24) is 15.0 Å². The van der Waals surface area contributed by atoms with E-state index >= 15 is 0 Å². The number of rotatable bonds is 1. The van der Waals surface area contributed by atoms with Crippen molar-refractivity contribution in [3.8, 4) is 11.1 Å². The van der Waals surface area contributed by atoms with Gasteiger partial charge in [-0.2, -0.15) is 13.2 Å². The number of alkyl halides is 3. The second-order valence-corrected chi connectivity index (χ2v) is 5.55. The molecule has 0 aliphatic rings. The lowest BCUT2D eigenvalue weighted by molar-refractivity contribution is -0.137. The molecule has 0 aliphatic heterocycles. The first kappa shape index (κ1) is 15.3. The summed E-state index contributed by atoms with van der Waals surface area (Å²) in [6.45, 7) is 0. The van der Waals surface area contributed by atoms with Gasteiger partial charge >= 0.3 is 6.18 Å². The molecule has 4 rings (SSSR count). The molecule has 0 spiro atoms. The topological polar surface area (TPSA) is 58.6 Å². The molecule has 3 heterocycles. The summed E-state index contributed by atoms with van der Waals surface area (Å²) in [4.78, 5) is 22.7. The van der Waals surface area contributed by atoms with Crippen molar-refractivity contribution in [3.05, 3.63) is 70.8 Å². The number of fused-ring (bicyclic) bond motifs is 3. The van der Waals surface area contributed by atoms with Crippen molar-refractivity contribution >= 4 is 21.9 Å². The number of nitrogens with one attached hydrogen (secondary N) is 1.